The molecule has 0 saturated heterocycles. The van der Waals surface area contributed by atoms with Crippen LogP contribution in [0.25, 0.3) is 10.9 Å². The minimum absolute atomic E-state index is 0.0270. The lowest BCUT2D eigenvalue weighted by atomic mass is 9.35. The predicted octanol–water partition coefficient (Wildman–Crippen LogP) is 7.55. The molecule has 3 aliphatic heterocycles. The molecule has 0 spiro atoms. The van der Waals surface area contributed by atoms with Gasteiger partial charge in [-0.15, -0.1) is 0 Å². The van der Waals surface area contributed by atoms with Gasteiger partial charge in [0.1, 0.15) is 0 Å². The van der Waals surface area contributed by atoms with Gasteiger partial charge in [0, 0.05) is 28.4 Å². The van der Waals surface area contributed by atoms with Crippen LogP contribution in [0.3, 0.4) is 0 Å². The van der Waals surface area contributed by atoms with E-state index < -0.39 is 8.07 Å². The topological polar surface area (TPSA) is 32.3 Å². The molecule has 0 fully saturated rings. The van der Waals surface area contributed by atoms with Gasteiger partial charge in [0.2, 0.25) is 6.71 Å². The van der Waals surface area contributed by atoms with Gasteiger partial charge >= 0.3 is 0 Å². The van der Waals surface area contributed by atoms with E-state index in [9.17, 15) is 0 Å². The summed E-state index contributed by atoms with van der Waals surface area (Å²) in [5, 5.41) is 6.72. The zero-order valence-corrected chi connectivity index (χ0v) is 32.6. The number of aromatic nitrogens is 2. The summed E-state index contributed by atoms with van der Waals surface area (Å²) in [7, 11) is -3.01. The van der Waals surface area contributed by atoms with Gasteiger partial charge in [-0.3, -0.25) is 9.97 Å². The summed E-state index contributed by atoms with van der Waals surface area (Å²) in [6.07, 6.45) is 5.81. The number of fused-ring (bicyclic) bond motifs is 8. The average molecular weight is 761 g/mol. The summed E-state index contributed by atoms with van der Waals surface area (Å²) in [5.41, 5.74) is 11.9. The molecule has 7 aromatic carbocycles. The van der Waals surface area contributed by atoms with Crippen molar-refractivity contribution in [3.63, 3.8) is 0 Å². The van der Waals surface area contributed by atoms with Crippen LogP contribution in [0.4, 0.5) is 34.1 Å². The van der Waals surface area contributed by atoms with Gasteiger partial charge in [-0.05, 0) is 80.2 Å². The van der Waals surface area contributed by atoms with Gasteiger partial charge in [-0.25, -0.2) is 0 Å². The number of hydrogen-bond donors (Lipinski definition) is 0. The molecule has 7 heteroatoms. The zero-order chi connectivity index (χ0) is 37.5. The zero-order valence-electron chi connectivity index (χ0n) is 30.8. The maximum atomic E-state index is 5.04. The number of nitrogens with zero attached hydrogens (tertiary/aromatic N) is 4. The second kappa shape index (κ2) is 12.7. The second-order valence-corrected chi connectivity index (χ2v) is 19.7. The second-order valence-electron chi connectivity index (χ2n) is 14.9. The van der Waals surface area contributed by atoms with Crippen molar-refractivity contribution in [1.82, 2.24) is 9.97 Å². The Morgan fingerprint density at radius 1 is 0.509 bits per heavy atom. The monoisotopic (exact) mass is 760 g/mol. The Morgan fingerprint density at radius 2 is 1.18 bits per heavy atom. The van der Waals surface area contributed by atoms with Crippen LogP contribution in [0.2, 0.25) is 0 Å². The van der Waals surface area contributed by atoms with Crippen LogP contribution in [0.15, 0.2) is 210 Å². The Bertz CT molecular complexity index is 2990. The first-order valence-electron chi connectivity index (χ1n) is 19.4. The smallest absolute Gasteiger partial charge is 0.246 e. The summed E-state index contributed by atoms with van der Waals surface area (Å²) in [4.78, 5) is 17.2. The first-order chi connectivity index (χ1) is 28.3. The molecule has 0 bridgehead atoms. The van der Waals surface area contributed by atoms with Crippen LogP contribution in [0.5, 0.6) is 0 Å². The summed E-state index contributed by atoms with van der Waals surface area (Å²) in [6.45, 7) is 0.0270. The molecule has 5 heterocycles. The molecule has 0 N–H and O–H groups in total. The van der Waals surface area contributed by atoms with Gasteiger partial charge in [-0.2, -0.15) is 0 Å². The van der Waals surface area contributed by atoms with Crippen molar-refractivity contribution < 1.29 is 0 Å². The highest BCUT2D eigenvalue weighted by Gasteiger charge is 2.54. The highest BCUT2D eigenvalue weighted by Crippen LogP contribution is 2.56. The fourth-order valence-electron chi connectivity index (χ4n) is 9.93. The van der Waals surface area contributed by atoms with E-state index in [1.165, 1.54) is 64.0 Å². The molecule has 4 nitrogen and oxygen atoms in total. The van der Waals surface area contributed by atoms with Gasteiger partial charge in [-0.1, -0.05) is 151 Å². The Kier molecular flexibility index (Phi) is 7.24. The van der Waals surface area contributed by atoms with E-state index in [0.717, 1.165) is 28.0 Å². The van der Waals surface area contributed by atoms with E-state index in [2.05, 4.69) is 186 Å². The number of benzene rings is 7. The average Bonchev–Trinajstić information content (AvgIpc) is 3.29. The molecule has 0 amide bonds. The van der Waals surface area contributed by atoms with E-state index >= 15 is 0 Å². The van der Waals surface area contributed by atoms with Gasteiger partial charge in [0.05, 0.1) is 45.0 Å². The van der Waals surface area contributed by atoms with Crippen LogP contribution < -0.4 is 46.9 Å². The summed E-state index contributed by atoms with van der Waals surface area (Å²) in [6, 6.07) is 67.6. The van der Waals surface area contributed by atoms with Crippen molar-refractivity contribution in [2.75, 3.05) is 9.80 Å². The predicted molar refractivity (Wildman–Crippen MR) is 241 cm³/mol. The van der Waals surface area contributed by atoms with Gasteiger partial charge < -0.3 is 9.80 Å². The standard InChI is InChI=1S/C50H33BN4SSi/c1-3-19-36(20-4-1)57(37-21-5-2-6-22-37)45-29-12-8-24-39(45)51-38-23-7-9-25-40(38)54(35-18-15-30-52-33-35)49-47(51)46(57)32-43-50(49)56-44-28-11-10-26-41(44)55(43)42-27-13-16-34-17-14-31-53-48(34)42/h1-33H. The lowest BCUT2D eigenvalue weighted by Crippen LogP contribution is -2.87. The summed E-state index contributed by atoms with van der Waals surface area (Å²) < 4.78 is 0. The Labute approximate surface area is 337 Å². The van der Waals surface area contributed by atoms with E-state index in [4.69, 9.17) is 9.97 Å². The molecule has 0 saturated carbocycles. The number of anilines is 6. The molecule has 0 unspecified atom stereocenters. The molecule has 3 aliphatic rings. The summed E-state index contributed by atoms with van der Waals surface area (Å²) in [5.74, 6) is 0. The van der Waals surface area contributed by atoms with Gasteiger partial charge in [0.15, 0.2) is 8.07 Å². The first-order valence-corrected chi connectivity index (χ1v) is 22.3. The maximum Gasteiger partial charge on any atom is 0.246 e. The van der Waals surface area contributed by atoms with E-state index in [0.29, 0.717) is 0 Å². The van der Waals surface area contributed by atoms with Crippen molar-refractivity contribution in [3.05, 3.63) is 201 Å². The largest absolute Gasteiger partial charge is 0.309 e. The van der Waals surface area contributed by atoms with E-state index in [-0.39, 0.29) is 6.71 Å². The SMILES string of the molecule is c1ccc([Si]2(c3ccccc3)c3ccccc3B3c4ccccc4N(c4cccnc4)c4c5c(cc2c43)N(c2cccc3cccnc23)c2ccccc2S5)cc1. The normalized spacial score (nSPS) is 14.3. The van der Waals surface area contributed by atoms with Crippen LogP contribution in [-0.4, -0.2) is 24.8 Å². The molecule has 9 aromatic rings. The van der Waals surface area contributed by atoms with Crippen LogP contribution in [0, 0.1) is 0 Å². The molecular weight excluding hydrogens is 728 g/mol. The fraction of sp³-hybridized carbons (Fsp3) is 0. The third-order valence-electron chi connectivity index (χ3n) is 12.1. The fourth-order valence-corrected chi connectivity index (χ4v) is 16.4. The molecular formula is C50H33BN4SSi. The Balaban J connectivity index is 1.31. The lowest BCUT2D eigenvalue weighted by Gasteiger charge is -2.49. The van der Waals surface area contributed by atoms with Crippen LogP contribution >= 0.6 is 11.8 Å². The van der Waals surface area contributed by atoms with Crippen molar-refractivity contribution >= 4 is 109 Å². The van der Waals surface area contributed by atoms with Crippen molar-refractivity contribution in [1.29, 1.82) is 0 Å². The number of pyridine rings is 2. The highest BCUT2D eigenvalue weighted by molar-refractivity contribution is 8.00. The van der Waals surface area contributed by atoms with Gasteiger partial charge in [0.25, 0.3) is 0 Å². The van der Waals surface area contributed by atoms with Crippen molar-refractivity contribution in [2.24, 2.45) is 0 Å². The Morgan fingerprint density at radius 3 is 1.96 bits per heavy atom. The van der Waals surface area contributed by atoms with Crippen LogP contribution in [0.1, 0.15) is 0 Å². The molecule has 2 aromatic heterocycles. The minimum atomic E-state index is -3.01. The third-order valence-corrected chi connectivity index (χ3v) is 18.1. The number of rotatable bonds is 4. The van der Waals surface area contributed by atoms with E-state index in [1.54, 1.807) is 0 Å². The molecule has 0 aliphatic carbocycles. The minimum Gasteiger partial charge on any atom is -0.309 e. The van der Waals surface area contributed by atoms with Crippen molar-refractivity contribution in [2.45, 2.75) is 9.79 Å². The first kappa shape index (κ1) is 32.6. The number of hydrogen-bond acceptors (Lipinski definition) is 5. The van der Waals surface area contributed by atoms with Crippen molar-refractivity contribution in [3.8, 4) is 0 Å². The lowest BCUT2D eigenvalue weighted by molar-refractivity contribution is 1.14. The number of para-hydroxylation sites is 3. The Hall–Kier alpha value is -6.67. The maximum absolute atomic E-state index is 5.04. The summed E-state index contributed by atoms with van der Waals surface area (Å²) >= 11 is 1.88. The molecule has 57 heavy (non-hydrogen) atoms. The molecule has 0 radical (unpaired) electrons. The quantitative estimate of drug-likeness (QED) is 0.173. The molecule has 0 atom stereocenters. The van der Waals surface area contributed by atoms with E-state index in [1.807, 2.05) is 36.4 Å². The molecule has 12 rings (SSSR count). The highest BCUT2D eigenvalue weighted by atomic mass is 32.2. The van der Waals surface area contributed by atoms with Crippen LogP contribution in [-0.2, 0) is 0 Å². The third kappa shape index (κ3) is 4.58. The molecule has 266 valence electrons.